The summed E-state index contributed by atoms with van der Waals surface area (Å²) in [5.41, 5.74) is 5.75. The molecule has 0 unspecified atom stereocenters. The minimum Gasteiger partial charge on any atom is -0.497 e. The minimum atomic E-state index is -0.660. The van der Waals surface area contributed by atoms with Crippen LogP contribution in [0.3, 0.4) is 0 Å². The van der Waals surface area contributed by atoms with Crippen molar-refractivity contribution in [2.75, 3.05) is 25.6 Å². The number of esters is 1. The fourth-order valence-electron chi connectivity index (χ4n) is 1.95. The number of ether oxygens (including phenoxy) is 3. The van der Waals surface area contributed by atoms with Crippen molar-refractivity contribution >= 4 is 23.5 Å². The molecule has 2 amide bonds. The van der Waals surface area contributed by atoms with E-state index in [1.165, 1.54) is 31.4 Å². The van der Waals surface area contributed by atoms with Crippen LogP contribution in [0, 0.1) is 0 Å². The number of hydrogen-bond acceptors (Lipinski definition) is 6. The SMILES string of the molecule is COc1cccc(NC(=O)COC(=O)c2ccc(OCC(N)=O)cc2)c1. The number of methoxy groups -OCH3 is 1. The first-order chi connectivity index (χ1) is 12.5. The smallest absolute Gasteiger partial charge is 0.338 e. The molecule has 2 aromatic rings. The summed E-state index contributed by atoms with van der Waals surface area (Å²) in [6.45, 7) is -0.690. The first-order valence-electron chi connectivity index (χ1n) is 7.60. The molecule has 0 aromatic heterocycles. The second kappa shape index (κ2) is 9.07. The summed E-state index contributed by atoms with van der Waals surface area (Å²) < 4.78 is 15.1. The molecule has 0 spiro atoms. The van der Waals surface area contributed by atoms with Gasteiger partial charge in [-0.2, -0.15) is 0 Å². The molecular weight excluding hydrogens is 340 g/mol. The van der Waals surface area contributed by atoms with E-state index in [9.17, 15) is 14.4 Å². The Morgan fingerprint density at radius 3 is 2.38 bits per heavy atom. The standard InChI is InChI=1S/C18H18N2O6/c1-24-15-4-2-3-13(9-15)20-17(22)11-26-18(23)12-5-7-14(8-6-12)25-10-16(19)21/h2-9H,10-11H2,1H3,(H2,19,21)(H,20,22). The van der Waals surface area contributed by atoms with Crippen LogP contribution in [0.25, 0.3) is 0 Å². The summed E-state index contributed by atoms with van der Waals surface area (Å²) in [7, 11) is 1.52. The Labute approximate surface area is 149 Å². The minimum absolute atomic E-state index is 0.241. The molecule has 3 N–H and O–H groups in total. The van der Waals surface area contributed by atoms with Gasteiger partial charge in [0.25, 0.3) is 11.8 Å². The van der Waals surface area contributed by atoms with E-state index in [1.807, 2.05) is 0 Å². The summed E-state index contributed by atoms with van der Waals surface area (Å²) >= 11 is 0. The molecule has 2 rings (SSSR count). The Balaban J connectivity index is 1.83. The highest BCUT2D eigenvalue weighted by Crippen LogP contribution is 2.16. The lowest BCUT2D eigenvalue weighted by atomic mass is 10.2. The van der Waals surface area contributed by atoms with Crippen molar-refractivity contribution in [3.05, 3.63) is 54.1 Å². The lowest BCUT2D eigenvalue weighted by Crippen LogP contribution is -2.21. The third-order valence-electron chi connectivity index (χ3n) is 3.16. The summed E-state index contributed by atoms with van der Waals surface area (Å²) in [4.78, 5) is 34.4. The van der Waals surface area contributed by atoms with Crippen LogP contribution < -0.4 is 20.5 Å². The Kier molecular flexibility index (Phi) is 6.55. The number of nitrogens with two attached hydrogens (primary N) is 1. The predicted molar refractivity (Wildman–Crippen MR) is 93.0 cm³/mol. The molecule has 0 saturated heterocycles. The summed E-state index contributed by atoms with van der Waals surface area (Å²) in [5.74, 6) is -0.759. The molecule has 2 aromatic carbocycles. The molecule has 8 heteroatoms. The Bertz CT molecular complexity index is 789. The maximum Gasteiger partial charge on any atom is 0.338 e. The van der Waals surface area contributed by atoms with Gasteiger partial charge in [0.2, 0.25) is 0 Å². The van der Waals surface area contributed by atoms with Crippen molar-refractivity contribution in [3.63, 3.8) is 0 Å². The van der Waals surface area contributed by atoms with Gasteiger partial charge in [-0.1, -0.05) is 6.07 Å². The molecule has 0 saturated carbocycles. The number of carbonyl (C=O) groups excluding carboxylic acids is 3. The Morgan fingerprint density at radius 2 is 1.73 bits per heavy atom. The van der Waals surface area contributed by atoms with Gasteiger partial charge >= 0.3 is 5.97 Å². The number of primary amides is 1. The van der Waals surface area contributed by atoms with Crippen molar-refractivity contribution in [1.29, 1.82) is 0 Å². The molecule has 8 nitrogen and oxygen atoms in total. The maximum atomic E-state index is 11.9. The topological polar surface area (TPSA) is 117 Å². The average Bonchev–Trinajstić information content (AvgIpc) is 2.65. The monoisotopic (exact) mass is 358 g/mol. The van der Waals surface area contributed by atoms with E-state index in [0.29, 0.717) is 17.2 Å². The number of benzene rings is 2. The van der Waals surface area contributed by atoms with E-state index in [2.05, 4.69) is 5.32 Å². The molecule has 0 fully saturated rings. The third-order valence-corrected chi connectivity index (χ3v) is 3.16. The number of hydrogen-bond donors (Lipinski definition) is 2. The van der Waals surface area contributed by atoms with Crippen molar-refractivity contribution in [2.45, 2.75) is 0 Å². The van der Waals surface area contributed by atoms with Gasteiger partial charge in [0.05, 0.1) is 12.7 Å². The average molecular weight is 358 g/mol. The maximum absolute atomic E-state index is 11.9. The molecule has 136 valence electrons. The van der Waals surface area contributed by atoms with Gasteiger partial charge in [0, 0.05) is 11.8 Å². The number of rotatable bonds is 8. The van der Waals surface area contributed by atoms with Crippen molar-refractivity contribution < 1.29 is 28.6 Å². The predicted octanol–water partition coefficient (Wildman–Crippen LogP) is 1.35. The lowest BCUT2D eigenvalue weighted by molar-refractivity contribution is -0.120. The van der Waals surface area contributed by atoms with E-state index in [1.54, 1.807) is 24.3 Å². The van der Waals surface area contributed by atoms with Crippen LogP contribution in [-0.2, 0) is 14.3 Å². The molecule has 0 aliphatic carbocycles. The quantitative estimate of drug-likeness (QED) is 0.688. The van der Waals surface area contributed by atoms with Crippen LogP contribution in [-0.4, -0.2) is 38.1 Å². The second-order valence-corrected chi connectivity index (χ2v) is 5.14. The van der Waals surface area contributed by atoms with Crippen LogP contribution in [0.2, 0.25) is 0 Å². The lowest BCUT2D eigenvalue weighted by Gasteiger charge is -2.08. The fraction of sp³-hybridized carbons (Fsp3) is 0.167. The summed E-state index contributed by atoms with van der Waals surface area (Å²) in [6, 6.07) is 12.7. The first-order valence-corrected chi connectivity index (χ1v) is 7.60. The molecule has 0 aliphatic rings. The molecule has 26 heavy (non-hydrogen) atoms. The van der Waals surface area contributed by atoms with Gasteiger partial charge in [0.1, 0.15) is 11.5 Å². The van der Waals surface area contributed by atoms with Crippen molar-refractivity contribution in [1.82, 2.24) is 0 Å². The Hall–Kier alpha value is -3.55. The second-order valence-electron chi connectivity index (χ2n) is 5.14. The molecule has 0 heterocycles. The molecule has 0 radical (unpaired) electrons. The van der Waals surface area contributed by atoms with E-state index in [0.717, 1.165) is 0 Å². The highest BCUT2D eigenvalue weighted by Gasteiger charge is 2.11. The zero-order valence-electron chi connectivity index (χ0n) is 14.1. The molecule has 0 atom stereocenters. The molecular formula is C18H18N2O6. The van der Waals surface area contributed by atoms with E-state index in [4.69, 9.17) is 19.9 Å². The van der Waals surface area contributed by atoms with Crippen LogP contribution >= 0.6 is 0 Å². The first kappa shape index (κ1) is 18.8. The highest BCUT2D eigenvalue weighted by molar-refractivity contribution is 5.95. The van der Waals surface area contributed by atoms with Crippen LogP contribution in [0.4, 0.5) is 5.69 Å². The van der Waals surface area contributed by atoms with Gasteiger partial charge in [-0.3, -0.25) is 9.59 Å². The highest BCUT2D eigenvalue weighted by atomic mass is 16.5. The number of anilines is 1. The van der Waals surface area contributed by atoms with Crippen LogP contribution in [0.1, 0.15) is 10.4 Å². The normalized spacial score (nSPS) is 9.88. The zero-order valence-corrected chi connectivity index (χ0v) is 14.1. The molecule has 0 bridgehead atoms. The van der Waals surface area contributed by atoms with Crippen LogP contribution in [0.15, 0.2) is 48.5 Å². The van der Waals surface area contributed by atoms with E-state index in [-0.39, 0.29) is 12.2 Å². The van der Waals surface area contributed by atoms with Gasteiger partial charge < -0.3 is 25.3 Å². The molecule has 0 aliphatic heterocycles. The van der Waals surface area contributed by atoms with Gasteiger partial charge in [-0.15, -0.1) is 0 Å². The number of nitrogens with one attached hydrogen (secondary N) is 1. The number of amides is 2. The van der Waals surface area contributed by atoms with Crippen molar-refractivity contribution in [3.8, 4) is 11.5 Å². The van der Waals surface area contributed by atoms with Gasteiger partial charge in [-0.25, -0.2) is 4.79 Å². The largest absolute Gasteiger partial charge is 0.497 e. The summed E-state index contributed by atoms with van der Waals surface area (Å²) in [6.07, 6.45) is 0. The van der Waals surface area contributed by atoms with E-state index >= 15 is 0 Å². The Morgan fingerprint density at radius 1 is 1.00 bits per heavy atom. The van der Waals surface area contributed by atoms with E-state index < -0.39 is 24.4 Å². The van der Waals surface area contributed by atoms with Crippen molar-refractivity contribution in [2.24, 2.45) is 5.73 Å². The third kappa shape index (κ3) is 5.82. The van der Waals surface area contributed by atoms with Gasteiger partial charge in [-0.05, 0) is 36.4 Å². The van der Waals surface area contributed by atoms with Crippen LogP contribution in [0.5, 0.6) is 11.5 Å². The summed E-state index contributed by atoms with van der Waals surface area (Å²) in [5, 5.41) is 2.60. The zero-order chi connectivity index (χ0) is 18.9. The fourth-order valence-corrected chi connectivity index (χ4v) is 1.95. The number of carbonyl (C=O) groups is 3. The van der Waals surface area contributed by atoms with Gasteiger partial charge in [0.15, 0.2) is 13.2 Å².